The lowest BCUT2D eigenvalue weighted by atomic mass is 9.65. The van der Waals surface area contributed by atoms with E-state index in [1.807, 2.05) is 6.08 Å². The molecular formula is C43H72O3. The summed E-state index contributed by atoms with van der Waals surface area (Å²) in [5.74, 6) is -0.567. The lowest BCUT2D eigenvalue weighted by Gasteiger charge is -2.37. The van der Waals surface area contributed by atoms with E-state index >= 15 is 0 Å². The second-order valence-corrected chi connectivity index (χ2v) is 14.7. The Morgan fingerprint density at radius 2 is 1.07 bits per heavy atom. The van der Waals surface area contributed by atoms with E-state index in [0.717, 1.165) is 70.6 Å². The molecular weight excluding hydrogens is 564 g/mol. The number of rotatable bonds is 9. The molecule has 3 heteroatoms. The van der Waals surface area contributed by atoms with Crippen molar-refractivity contribution in [1.29, 1.82) is 0 Å². The number of hydrogen-bond donors (Lipinski definition) is 2. The number of carboxylic acid groups (broad SMARTS) is 1. The van der Waals surface area contributed by atoms with Crippen LogP contribution in [0.4, 0.5) is 0 Å². The maximum Gasteiger partial charge on any atom is 0.318 e. The molecule has 0 aromatic carbocycles. The van der Waals surface area contributed by atoms with Crippen molar-refractivity contribution in [2.24, 2.45) is 5.41 Å². The van der Waals surface area contributed by atoms with Crippen LogP contribution < -0.4 is 0 Å². The first-order chi connectivity index (χ1) is 22.4. The first-order valence-corrected chi connectivity index (χ1v) is 19.6. The van der Waals surface area contributed by atoms with Crippen LogP contribution in [0.2, 0.25) is 0 Å². The average Bonchev–Trinajstić information content (AvgIpc) is 3.04. The zero-order valence-electron chi connectivity index (χ0n) is 30.5. The van der Waals surface area contributed by atoms with E-state index in [9.17, 15) is 9.90 Å². The Hall–Kier alpha value is -1.87. The van der Waals surface area contributed by atoms with Crippen LogP contribution >= 0.6 is 0 Å². The number of hydrogen-bond acceptors (Lipinski definition) is 2. The largest absolute Gasteiger partial charge is 0.480 e. The topological polar surface area (TPSA) is 57.5 Å². The van der Waals surface area contributed by atoms with E-state index in [2.05, 4.69) is 45.1 Å². The lowest BCUT2D eigenvalue weighted by Crippen LogP contribution is -2.36. The molecule has 0 saturated carbocycles. The molecule has 2 N–H and O–H groups in total. The minimum absolute atomic E-state index is 0.167. The monoisotopic (exact) mass is 637 g/mol. The van der Waals surface area contributed by atoms with Crippen molar-refractivity contribution in [3.63, 3.8) is 0 Å². The fourth-order valence-corrected chi connectivity index (χ4v) is 7.61. The van der Waals surface area contributed by atoms with Crippen LogP contribution in [0.25, 0.3) is 0 Å². The summed E-state index contributed by atoms with van der Waals surface area (Å²) in [5.41, 5.74) is 5.77. The summed E-state index contributed by atoms with van der Waals surface area (Å²) in [7, 11) is 0. The highest BCUT2D eigenvalue weighted by Crippen LogP contribution is 2.48. The predicted molar refractivity (Wildman–Crippen MR) is 199 cm³/mol. The summed E-state index contributed by atoms with van der Waals surface area (Å²) in [5, 5.41) is 19.7. The third kappa shape index (κ3) is 16.3. The van der Waals surface area contributed by atoms with Crippen molar-refractivity contribution in [3.05, 3.63) is 58.2 Å². The molecule has 0 heterocycles. The van der Waals surface area contributed by atoms with E-state index in [1.165, 1.54) is 131 Å². The molecule has 0 fully saturated rings. The van der Waals surface area contributed by atoms with Crippen molar-refractivity contribution < 1.29 is 15.0 Å². The molecule has 3 aliphatic rings. The van der Waals surface area contributed by atoms with Gasteiger partial charge in [0.15, 0.2) is 0 Å². The Bertz CT molecular complexity index is 954. The van der Waals surface area contributed by atoms with Gasteiger partial charge in [0, 0.05) is 0 Å². The van der Waals surface area contributed by atoms with Gasteiger partial charge in [0.2, 0.25) is 0 Å². The summed E-state index contributed by atoms with van der Waals surface area (Å²) in [4.78, 5) is 13.6. The molecule has 3 aliphatic carbocycles. The highest BCUT2D eigenvalue weighted by Gasteiger charge is 2.45. The van der Waals surface area contributed by atoms with Crippen molar-refractivity contribution in [1.82, 2.24) is 0 Å². The second kappa shape index (κ2) is 25.2. The van der Waals surface area contributed by atoms with Gasteiger partial charge in [-0.25, -0.2) is 0 Å². The van der Waals surface area contributed by atoms with Crippen LogP contribution in [0.3, 0.4) is 0 Å². The molecule has 0 aromatic heterocycles. The summed E-state index contributed by atoms with van der Waals surface area (Å²) in [6.07, 6.45) is 43.4. The number of allylic oxidation sites excluding steroid dienone is 7. The second-order valence-electron chi connectivity index (χ2n) is 14.7. The van der Waals surface area contributed by atoms with E-state index in [4.69, 9.17) is 5.11 Å². The van der Waals surface area contributed by atoms with Gasteiger partial charge in [-0.3, -0.25) is 4.79 Å². The van der Waals surface area contributed by atoms with Crippen LogP contribution in [-0.4, -0.2) is 22.8 Å². The van der Waals surface area contributed by atoms with Crippen molar-refractivity contribution >= 4 is 5.97 Å². The van der Waals surface area contributed by atoms with E-state index in [-0.39, 0.29) is 6.61 Å². The van der Waals surface area contributed by atoms with Crippen LogP contribution in [0.1, 0.15) is 194 Å². The van der Waals surface area contributed by atoms with Crippen LogP contribution in [0.15, 0.2) is 58.2 Å². The fraction of sp³-hybridized carbons (Fsp3) is 0.744. The van der Waals surface area contributed by atoms with Crippen LogP contribution in [0, 0.1) is 5.41 Å². The Labute approximate surface area is 284 Å². The molecule has 46 heavy (non-hydrogen) atoms. The summed E-state index contributed by atoms with van der Waals surface area (Å²) < 4.78 is 0. The van der Waals surface area contributed by atoms with Gasteiger partial charge in [-0.1, -0.05) is 135 Å². The van der Waals surface area contributed by atoms with Gasteiger partial charge in [-0.15, -0.1) is 0 Å². The lowest BCUT2D eigenvalue weighted by molar-refractivity contribution is -0.144. The maximum atomic E-state index is 13.6. The van der Waals surface area contributed by atoms with Gasteiger partial charge < -0.3 is 10.2 Å². The zero-order chi connectivity index (χ0) is 33.3. The SMILES string of the molecule is CC(C)=CCC/C(C)=C/CO.O=C(O)C(CC1=CCCCCCCCC1)(C1=CCCCCCCCC1)C1=CCCCCCCCC1. The molecule has 3 nitrogen and oxygen atoms in total. The summed E-state index contributed by atoms with van der Waals surface area (Å²) in [6, 6.07) is 0. The molecule has 262 valence electrons. The maximum absolute atomic E-state index is 13.6. The Morgan fingerprint density at radius 3 is 1.52 bits per heavy atom. The Balaban J connectivity index is 0.000000572. The van der Waals surface area contributed by atoms with Crippen molar-refractivity contribution in [2.75, 3.05) is 6.61 Å². The molecule has 0 radical (unpaired) electrons. The molecule has 0 aromatic rings. The number of aliphatic hydroxyl groups excluding tert-OH is 1. The normalized spacial score (nSPS) is 21.5. The standard InChI is InChI=1S/C33H54O2.C10H18O/c34-32(35)33(30-24-18-12-6-2-7-13-19-25-30,31-26-20-14-8-3-9-15-21-27-31)28-29-22-16-10-4-1-5-11-17-23-29;1-9(2)5-4-6-10(3)7-8-11/h22,24,26H,1-21,23,25,27-28H2,(H,34,35);5,7,11H,4,6,8H2,1-3H3/b;10-7+. The summed E-state index contributed by atoms with van der Waals surface area (Å²) in [6.45, 7) is 6.42. The first kappa shape index (κ1) is 40.3. The molecule has 3 rings (SSSR count). The third-order valence-corrected chi connectivity index (χ3v) is 10.5. The molecule has 0 spiro atoms. The number of aliphatic carboxylic acids is 1. The van der Waals surface area contributed by atoms with Gasteiger partial charge in [-0.2, -0.15) is 0 Å². The van der Waals surface area contributed by atoms with Gasteiger partial charge in [0.1, 0.15) is 5.41 Å². The minimum Gasteiger partial charge on any atom is -0.480 e. The molecule has 0 aliphatic heterocycles. The highest BCUT2D eigenvalue weighted by atomic mass is 16.4. The minimum atomic E-state index is -0.811. The molecule has 0 atom stereocenters. The zero-order valence-corrected chi connectivity index (χ0v) is 30.5. The Morgan fingerprint density at radius 1 is 0.630 bits per heavy atom. The van der Waals surface area contributed by atoms with Gasteiger partial charge >= 0.3 is 5.97 Å². The summed E-state index contributed by atoms with van der Waals surface area (Å²) >= 11 is 0. The van der Waals surface area contributed by atoms with Crippen LogP contribution in [-0.2, 0) is 4.79 Å². The van der Waals surface area contributed by atoms with Gasteiger partial charge in [0.05, 0.1) is 6.61 Å². The predicted octanol–water partition coefficient (Wildman–Crippen LogP) is 13.3. The number of carbonyl (C=O) groups is 1. The van der Waals surface area contributed by atoms with Crippen molar-refractivity contribution in [3.8, 4) is 0 Å². The van der Waals surface area contributed by atoms with Crippen LogP contribution in [0.5, 0.6) is 0 Å². The van der Waals surface area contributed by atoms with E-state index in [0.29, 0.717) is 0 Å². The van der Waals surface area contributed by atoms with E-state index < -0.39 is 11.4 Å². The van der Waals surface area contributed by atoms with Gasteiger partial charge in [-0.05, 0) is 117 Å². The number of aliphatic hydroxyl groups is 1. The highest BCUT2D eigenvalue weighted by molar-refractivity contribution is 5.83. The van der Waals surface area contributed by atoms with E-state index in [1.54, 1.807) is 0 Å². The average molecular weight is 637 g/mol. The third-order valence-electron chi connectivity index (χ3n) is 10.5. The smallest absolute Gasteiger partial charge is 0.318 e. The molecule has 0 bridgehead atoms. The fourth-order valence-electron chi connectivity index (χ4n) is 7.61. The quantitative estimate of drug-likeness (QED) is 0.248. The molecule has 0 amide bonds. The van der Waals surface area contributed by atoms with Gasteiger partial charge in [0.25, 0.3) is 0 Å². The molecule has 0 unspecified atom stereocenters. The Kier molecular flexibility index (Phi) is 22.1. The first-order valence-electron chi connectivity index (χ1n) is 19.6. The van der Waals surface area contributed by atoms with Crippen molar-refractivity contribution in [2.45, 2.75) is 194 Å². The molecule has 0 saturated heterocycles. The number of carboxylic acids is 1.